The number of rotatable bonds is 4. The van der Waals surface area contributed by atoms with Crippen molar-refractivity contribution in [2.75, 3.05) is 6.61 Å². The number of hydrogen-bond donors (Lipinski definition) is 1. The van der Waals surface area contributed by atoms with Crippen LogP contribution in [0.25, 0.3) is 0 Å². The number of nitrogens with two attached hydrogens (primary N) is 1. The van der Waals surface area contributed by atoms with E-state index in [1.165, 1.54) is 11.3 Å². The van der Waals surface area contributed by atoms with Crippen molar-refractivity contribution in [3.63, 3.8) is 0 Å². The van der Waals surface area contributed by atoms with Crippen molar-refractivity contribution in [2.24, 2.45) is 5.73 Å². The number of esters is 1. The molecule has 0 aliphatic rings. The third-order valence-electron chi connectivity index (χ3n) is 1.47. The molecule has 1 aromatic rings. The quantitative estimate of drug-likeness (QED) is 0.722. The van der Waals surface area contributed by atoms with Gasteiger partial charge < -0.3 is 10.5 Å². The summed E-state index contributed by atoms with van der Waals surface area (Å²) in [5.74, 6) is -0.363. The molecule has 0 saturated carbocycles. The van der Waals surface area contributed by atoms with Crippen LogP contribution in [-0.4, -0.2) is 23.6 Å². The van der Waals surface area contributed by atoms with Crippen LogP contribution in [0.2, 0.25) is 0 Å². The zero-order valence-corrected chi connectivity index (χ0v) is 8.21. The normalized spacial score (nSPS) is 12.5. The Labute approximate surface area is 80.7 Å². The number of hydrogen-bond acceptors (Lipinski definition) is 5. The monoisotopic (exact) mass is 200 g/mol. The van der Waals surface area contributed by atoms with Crippen LogP contribution < -0.4 is 5.73 Å². The molecule has 0 unspecified atom stereocenters. The average molecular weight is 200 g/mol. The van der Waals surface area contributed by atoms with E-state index in [1.807, 2.05) is 5.38 Å². The highest BCUT2D eigenvalue weighted by Gasteiger charge is 2.15. The molecule has 0 aliphatic carbocycles. The van der Waals surface area contributed by atoms with Gasteiger partial charge in [0, 0.05) is 18.0 Å². The molecule has 0 fully saturated rings. The first-order valence-corrected chi connectivity index (χ1v) is 4.92. The molecule has 0 bridgehead atoms. The predicted molar refractivity (Wildman–Crippen MR) is 50.4 cm³/mol. The Hall–Kier alpha value is -0.940. The second-order valence-electron chi connectivity index (χ2n) is 2.49. The van der Waals surface area contributed by atoms with Crippen molar-refractivity contribution in [1.29, 1.82) is 0 Å². The lowest BCUT2D eigenvalue weighted by Crippen LogP contribution is -2.34. The molecule has 2 N–H and O–H groups in total. The summed E-state index contributed by atoms with van der Waals surface area (Å²) in [5.41, 5.74) is 5.59. The molecular formula is C8H12N2O2S. The third kappa shape index (κ3) is 3.12. The lowest BCUT2D eigenvalue weighted by Gasteiger charge is -2.07. The van der Waals surface area contributed by atoms with Gasteiger partial charge in [-0.25, -0.2) is 4.98 Å². The SMILES string of the molecule is CCOC(=O)[C@@H](N)Cc1nccs1. The summed E-state index contributed by atoms with van der Waals surface area (Å²) in [6, 6.07) is -0.592. The molecular weight excluding hydrogens is 188 g/mol. The zero-order chi connectivity index (χ0) is 9.68. The van der Waals surface area contributed by atoms with Crippen LogP contribution in [0.5, 0.6) is 0 Å². The Morgan fingerprint density at radius 1 is 1.85 bits per heavy atom. The summed E-state index contributed by atoms with van der Waals surface area (Å²) in [4.78, 5) is 15.1. The van der Waals surface area contributed by atoms with E-state index < -0.39 is 6.04 Å². The van der Waals surface area contributed by atoms with Gasteiger partial charge in [0.2, 0.25) is 0 Å². The molecule has 1 atom stereocenters. The van der Waals surface area contributed by atoms with Gasteiger partial charge in [0.25, 0.3) is 0 Å². The van der Waals surface area contributed by atoms with Crippen molar-refractivity contribution < 1.29 is 9.53 Å². The minimum Gasteiger partial charge on any atom is -0.465 e. The Morgan fingerprint density at radius 3 is 3.15 bits per heavy atom. The molecule has 1 heterocycles. The van der Waals surface area contributed by atoms with E-state index in [-0.39, 0.29) is 5.97 Å². The van der Waals surface area contributed by atoms with E-state index in [1.54, 1.807) is 13.1 Å². The van der Waals surface area contributed by atoms with Gasteiger partial charge in [-0.05, 0) is 6.92 Å². The highest BCUT2D eigenvalue weighted by atomic mass is 32.1. The largest absolute Gasteiger partial charge is 0.465 e. The summed E-state index contributed by atoms with van der Waals surface area (Å²) in [7, 11) is 0. The minimum absolute atomic E-state index is 0.363. The standard InChI is InChI=1S/C8H12N2O2S/c1-2-12-8(11)6(9)5-7-10-3-4-13-7/h3-4,6H,2,5,9H2,1H3/t6-/m0/s1. The van der Waals surface area contributed by atoms with Crippen LogP contribution in [0.15, 0.2) is 11.6 Å². The van der Waals surface area contributed by atoms with E-state index in [0.717, 1.165) is 5.01 Å². The fraction of sp³-hybridized carbons (Fsp3) is 0.500. The molecule has 0 amide bonds. The zero-order valence-electron chi connectivity index (χ0n) is 7.40. The lowest BCUT2D eigenvalue weighted by atomic mass is 10.2. The second kappa shape index (κ2) is 4.94. The van der Waals surface area contributed by atoms with E-state index in [9.17, 15) is 4.79 Å². The van der Waals surface area contributed by atoms with Crippen LogP contribution >= 0.6 is 11.3 Å². The second-order valence-corrected chi connectivity index (χ2v) is 3.47. The summed E-state index contributed by atoms with van der Waals surface area (Å²) in [6.45, 7) is 2.12. The Morgan fingerprint density at radius 2 is 2.62 bits per heavy atom. The maximum Gasteiger partial charge on any atom is 0.323 e. The number of carbonyl (C=O) groups is 1. The van der Waals surface area contributed by atoms with E-state index in [2.05, 4.69) is 4.98 Å². The molecule has 5 heteroatoms. The maximum absolute atomic E-state index is 11.1. The van der Waals surface area contributed by atoms with E-state index >= 15 is 0 Å². The van der Waals surface area contributed by atoms with Gasteiger partial charge >= 0.3 is 5.97 Å². The van der Waals surface area contributed by atoms with Crippen LogP contribution in [0.1, 0.15) is 11.9 Å². The fourth-order valence-corrected chi connectivity index (χ4v) is 1.55. The van der Waals surface area contributed by atoms with Gasteiger partial charge in [-0.3, -0.25) is 4.79 Å². The van der Waals surface area contributed by atoms with Gasteiger partial charge in [0.1, 0.15) is 6.04 Å². The lowest BCUT2D eigenvalue weighted by molar-refractivity contribution is -0.144. The van der Waals surface area contributed by atoms with Gasteiger partial charge in [-0.1, -0.05) is 0 Å². The van der Waals surface area contributed by atoms with Gasteiger partial charge in [-0.2, -0.15) is 0 Å². The van der Waals surface area contributed by atoms with Crippen LogP contribution in [0.4, 0.5) is 0 Å². The van der Waals surface area contributed by atoms with Crippen molar-refractivity contribution in [1.82, 2.24) is 4.98 Å². The number of aromatic nitrogens is 1. The fourth-order valence-electron chi connectivity index (χ4n) is 0.875. The third-order valence-corrected chi connectivity index (χ3v) is 2.27. The number of nitrogens with zero attached hydrogens (tertiary/aromatic N) is 1. The van der Waals surface area contributed by atoms with Crippen LogP contribution in [-0.2, 0) is 16.0 Å². The molecule has 0 saturated heterocycles. The highest BCUT2D eigenvalue weighted by Crippen LogP contribution is 2.06. The summed E-state index contributed by atoms with van der Waals surface area (Å²) >= 11 is 1.49. The Bertz CT molecular complexity index is 261. The smallest absolute Gasteiger partial charge is 0.323 e. The number of ether oxygens (including phenoxy) is 1. The molecule has 1 rings (SSSR count). The average Bonchev–Trinajstić information content (AvgIpc) is 2.57. The molecule has 0 radical (unpaired) electrons. The first-order chi connectivity index (χ1) is 6.24. The van der Waals surface area contributed by atoms with Gasteiger partial charge in [0.15, 0.2) is 0 Å². The van der Waals surface area contributed by atoms with Crippen molar-refractivity contribution in [3.05, 3.63) is 16.6 Å². The summed E-state index contributed by atoms with van der Waals surface area (Å²) in [5, 5.41) is 2.72. The predicted octanol–water partition coefficient (Wildman–Crippen LogP) is 0.576. The van der Waals surface area contributed by atoms with Crippen molar-refractivity contribution in [3.8, 4) is 0 Å². The number of carbonyl (C=O) groups excluding carboxylic acids is 1. The van der Waals surface area contributed by atoms with Crippen molar-refractivity contribution in [2.45, 2.75) is 19.4 Å². The van der Waals surface area contributed by atoms with Crippen molar-refractivity contribution >= 4 is 17.3 Å². The molecule has 4 nitrogen and oxygen atoms in total. The van der Waals surface area contributed by atoms with Gasteiger partial charge in [-0.15, -0.1) is 11.3 Å². The molecule has 1 aromatic heterocycles. The van der Waals surface area contributed by atoms with Gasteiger partial charge in [0.05, 0.1) is 11.6 Å². The Kier molecular flexibility index (Phi) is 3.85. The van der Waals surface area contributed by atoms with E-state index in [4.69, 9.17) is 10.5 Å². The highest BCUT2D eigenvalue weighted by molar-refractivity contribution is 7.09. The molecule has 72 valence electrons. The summed E-state index contributed by atoms with van der Waals surface area (Å²) in [6.07, 6.45) is 2.15. The van der Waals surface area contributed by atoms with Crippen LogP contribution in [0, 0.1) is 0 Å². The maximum atomic E-state index is 11.1. The summed E-state index contributed by atoms with van der Waals surface area (Å²) < 4.78 is 4.77. The Balaban J connectivity index is 2.41. The molecule has 13 heavy (non-hydrogen) atoms. The molecule has 0 aliphatic heterocycles. The van der Waals surface area contributed by atoms with E-state index in [0.29, 0.717) is 13.0 Å². The minimum atomic E-state index is -0.592. The first-order valence-electron chi connectivity index (χ1n) is 4.04. The molecule has 0 aromatic carbocycles. The topological polar surface area (TPSA) is 65.2 Å². The number of thiazole rings is 1. The van der Waals surface area contributed by atoms with Crippen LogP contribution in [0.3, 0.4) is 0 Å². The molecule has 0 spiro atoms. The first kappa shape index (κ1) is 10.1.